The number of aromatic amines is 1. The van der Waals surface area contributed by atoms with E-state index in [1.54, 1.807) is 6.92 Å². The zero-order chi connectivity index (χ0) is 10.6. The van der Waals surface area contributed by atoms with Crippen LogP contribution in [0.3, 0.4) is 0 Å². The van der Waals surface area contributed by atoms with Gasteiger partial charge in [-0.25, -0.2) is 4.98 Å². The standard InChI is InChI=1S/C8H10N4OS/c1-5-2-7(13)12-8(11-5)14-4-6(10)3-9/h2,6H,4,10H2,1H3,(H,11,12,13). The number of nitriles is 1. The lowest BCUT2D eigenvalue weighted by molar-refractivity contribution is 0.893. The van der Waals surface area contributed by atoms with Crippen molar-refractivity contribution in [3.8, 4) is 6.07 Å². The summed E-state index contributed by atoms with van der Waals surface area (Å²) in [7, 11) is 0. The summed E-state index contributed by atoms with van der Waals surface area (Å²) in [5.74, 6) is 0.420. The van der Waals surface area contributed by atoms with Crippen LogP contribution in [-0.4, -0.2) is 21.8 Å². The summed E-state index contributed by atoms with van der Waals surface area (Å²) in [5.41, 5.74) is 5.86. The number of nitrogens with zero attached hydrogens (tertiary/aromatic N) is 2. The number of H-pyrrole nitrogens is 1. The van der Waals surface area contributed by atoms with Gasteiger partial charge in [-0.15, -0.1) is 0 Å². The number of aromatic nitrogens is 2. The number of nitrogens with one attached hydrogen (secondary N) is 1. The Balaban J connectivity index is 2.69. The Bertz CT molecular complexity index is 409. The van der Waals surface area contributed by atoms with Crippen LogP contribution in [0.5, 0.6) is 0 Å². The van der Waals surface area contributed by atoms with E-state index < -0.39 is 6.04 Å². The lowest BCUT2D eigenvalue weighted by Gasteiger charge is -2.02. The van der Waals surface area contributed by atoms with Crippen molar-refractivity contribution < 1.29 is 0 Å². The van der Waals surface area contributed by atoms with Gasteiger partial charge in [-0.1, -0.05) is 11.8 Å². The quantitative estimate of drug-likeness (QED) is 0.541. The van der Waals surface area contributed by atoms with Gasteiger partial charge in [0.1, 0.15) is 6.04 Å². The van der Waals surface area contributed by atoms with E-state index >= 15 is 0 Å². The largest absolute Gasteiger partial charge is 0.315 e. The molecule has 1 unspecified atom stereocenters. The van der Waals surface area contributed by atoms with E-state index in [0.29, 0.717) is 16.6 Å². The van der Waals surface area contributed by atoms with E-state index in [1.807, 2.05) is 6.07 Å². The molecular formula is C8H10N4OS. The van der Waals surface area contributed by atoms with E-state index in [2.05, 4.69) is 9.97 Å². The van der Waals surface area contributed by atoms with Gasteiger partial charge in [-0.3, -0.25) is 4.79 Å². The normalized spacial score (nSPS) is 12.1. The maximum atomic E-state index is 11.0. The van der Waals surface area contributed by atoms with Crippen LogP contribution in [0.1, 0.15) is 5.69 Å². The first-order valence-electron chi connectivity index (χ1n) is 3.98. The first-order chi connectivity index (χ1) is 6.61. The number of aryl methyl sites for hydroxylation is 1. The van der Waals surface area contributed by atoms with Crippen molar-refractivity contribution in [2.45, 2.75) is 18.1 Å². The molecule has 0 saturated carbocycles. The second-order valence-corrected chi connectivity index (χ2v) is 3.75. The molecule has 0 aliphatic heterocycles. The molecule has 0 aromatic carbocycles. The Morgan fingerprint density at radius 3 is 3.14 bits per heavy atom. The maximum Gasteiger partial charge on any atom is 0.251 e. The molecule has 1 heterocycles. The summed E-state index contributed by atoms with van der Waals surface area (Å²) >= 11 is 1.27. The SMILES string of the molecule is Cc1cc(=O)[nH]c(SCC(N)C#N)n1. The van der Waals surface area contributed by atoms with Crippen LogP contribution < -0.4 is 11.3 Å². The Morgan fingerprint density at radius 1 is 1.86 bits per heavy atom. The zero-order valence-corrected chi connectivity index (χ0v) is 8.47. The lowest BCUT2D eigenvalue weighted by atomic mass is 10.4. The van der Waals surface area contributed by atoms with E-state index in [9.17, 15) is 4.79 Å². The minimum absolute atomic E-state index is 0.189. The predicted octanol–water partition coefficient (Wildman–Crippen LogP) is 0.0213. The lowest BCUT2D eigenvalue weighted by Crippen LogP contribution is -2.20. The number of rotatable bonds is 3. The molecule has 14 heavy (non-hydrogen) atoms. The average molecular weight is 210 g/mol. The molecule has 3 N–H and O–H groups in total. The Morgan fingerprint density at radius 2 is 2.57 bits per heavy atom. The molecule has 1 atom stereocenters. The Hall–Kier alpha value is -1.32. The summed E-state index contributed by atoms with van der Waals surface area (Å²) < 4.78 is 0. The van der Waals surface area contributed by atoms with Crippen molar-refractivity contribution in [1.82, 2.24) is 9.97 Å². The maximum absolute atomic E-state index is 11.0. The van der Waals surface area contributed by atoms with Crippen molar-refractivity contribution in [1.29, 1.82) is 5.26 Å². The third kappa shape index (κ3) is 3.20. The number of hydrogen-bond donors (Lipinski definition) is 2. The minimum Gasteiger partial charge on any atom is -0.315 e. The van der Waals surface area contributed by atoms with Crippen molar-refractivity contribution in [3.63, 3.8) is 0 Å². The molecular weight excluding hydrogens is 200 g/mol. The molecule has 5 nitrogen and oxygen atoms in total. The molecule has 0 fully saturated rings. The van der Waals surface area contributed by atoms with Gasteiger partial charge in [0.2, 0.25) is 0 Å². The predicted molar refractivity (Wildman–Crippen MR) is 53.9 cm³/mol. The molecule has 1 aromatic rings. The minimum atomic E-state index is -0.536. The highest BCUT2D eigenvalue weighted by Crippen LogP contribution is 2.11. The Labute approximate surface area is 85.3 Å². The molecule has 0 aliphatic carbocycles. The van der Waals surface area contributed by atoms with Crippen LogP contribution in [0.2, 0.25) is 0 Å². The highest BCUT2D eigenvalue weighted by atomic mass is 32.2. The van der Waals surface area contributed by atoms with Crippen LogP contribution in [-0.2, 0) is 0 Å². The van der Waals surface area contributed by atoms with Crippen molar-refractivity contribution in [2.75, 3.05) is 5.75 Å². The molecule has 0 amide bonds. The molecule has 0 bridgehead atoms. The van der Waals surface area contributed by atoms with Crippen LogP contribution in [0, 0.1) is 18.3 Å². The fourth-order valence-corrected chi connectivity index (χ4v) is 1.62. The smallest absolute Gasteiger partial charge is 0.251 e. The zero-order valence-electron chi connectivity index (χ0n) is 7.65. The molecule has 0 spiro atoms. The van der Waals surface area contributed by atoms with Gasteiger partial charge < -0.3 is 10.7 Å². The molecule has 74 valence electrons. The molecule has 0 aliphatic rings. The van der Waals surface area contributed by atoms with Crippen LogP contribution in [0.4, 0.5) is 0 Å². The summed E-state index contributed by atoms with van der Waals surface area (Å²) in [5, 5.41) is 8.94. The van der Waals surface area contributed by atoms with E-state index in [1.165, 1.54) is 17.8 Å². The average Bonchev–Trinajstić information content (AvgIpc) is 2.12. The molecule has 0 saturated heterocycles. The monoisotopic (exact) mass is 210 g/mol. The van der Waals surface area contributed by atoms with Gasteiger partial charge in [0.25, 0.3) is 5.56 Å². The summed E-state index contributed by atoms with van der Waals surface area (Å²) in [6, 6.07) is 2.78. The molecule has 1 rings (SSSR count). The van der Waals surface area contributed by atoms with E-state index in [-0.39, 0.29) is 5.56 Å². The topological polar surface area (TPSA) is 95.6 Å². The van der Waals surface area contributed by atoms with Crippen LogP contribution >= 0.6 is 11.8 Å². The molecule has 0 radical (unpaired) electrons. The van der Waals surface area contributed by atoms with Crippen molar-refractivity contribution in [3.05, 3.63) is 22.1 Å². The van der Waals surface area contributed by atoms with Crippen LogP contribution in [0.25, 0.3) is 0 Å². The van der Waals surface area contributed by atoms with Crippen molar-refractivity contribution >= 4 is 11.8 Å². The van der Waals surface area contributed by atoms with Crippen molar-refractivity contribution in [2.24, 2.45) is 5.73 Å². The fraction of sp³-hybridized carbons (Fsp3) is 0.375. The van der Waals surface area contributed by atoms with Gasteiger partial charge in [0.15, 0.2) is 5.16 Å². The van der Waals surface area contributed by atoms with Gasteiger partial charge in [-0.2, -0.15) is 5.26 Å². The first-order valence-corrected chi connectivity index (χ1v) is 4.96. The molecule has 6 heteroatoms. The van der Waals surface area contributed by atoms with Crippen LogP contribution in [0.15, 0.2) is 16.0 Å². The fourth-order valence-electron chi connectivity index (χ4n) is 0.826. The molecule has 1 aromatic heterocycles. The number of nitrogens with two attached hydrogens (primary N) is 1. The highest BCUT2D eigenvalue weighted by Gasteiger charge is 2.03. The highest BCUT2D eigenvalue weighted by molar-refractivity contribution is 7.99. The summed E-state index contributed by atoms with van der Waals surface area (Å²) in [6.07, 6.45) is 0. The van der Waals surface area contributed by atoms with Gasteiger partial charge in [-0.05, 0) is 6.92 Å². The third-order valence-electron chi connectivity index (χ3n) is 1.41. The third-order valence-corrected chi connectivity index (χ3v) is 2.41. The Kier molecular flexibility index (Phi) is 3.68. The second kappa shape index (κ2) is 4.79. The second-order valence-electron chi connectivity index (χ2n) is 2.74. The van der Waals surface area contributed by atoms with Gasteiger partial charge in [0.05, 0.1) is 6.07 Å². The number of hydrogen-bond acceptors (Lipinski definition) is 5. The number of thioether (sulfide) groups is 1. The van der Waals surface area contributed by atoms with Gasteiger partial charge >= 0.3 is 0 Å². The summed E-state index contributed by atoms with van der Waals surface area (Å²) in [4.78, 5) is 17.7. The first kappa shape index (κ1) is 10.8. The summed E-state index contributed by atoms with van der Waals surface area (Å²) in [6.45, 7) is 1.74. The van der Waals surface area contributed by atoms with E-state index in [4.69, 9.17) is 11.0 Å². The van der Waals surface area contributed by atoms with E-state index in [0.717, 1.165) is 0 Å². The van der Waals surface area contributed by atoms with Gasteiger partial charge in [0, 0.05) is 17.5 Å².